The highest BCUT2D eigenvalue weighted by atomic mass is 16.5. The first-order valence-corrected chi connectivity index (χ1v) is 16.7. The number of hydrogen-bond acceptors (Lipinski definition) is 5. The topological polar surface area (TPSA) is 120 Å². The first-order chi connectivity index (χ1) is 22.6. The number of aryl methyl sites for hydroxylation is 2. The average molecular weight is 643 g/mol. The van der Waals surface area contributed by atoms with Crippen molar-refractivity contribution in [3.05, 3.63) is 101 Å². The Morgan fingerprint density at radius 3 is 2.11 bits per heavy atom. The molecule has 0 radical (unpaired) electrons. The van der Waals surface area contributed by atoms with Crippen LogP contribution in [0.3, 0.4) is 0 Å². The van der Waals surface area contributed by atoms with Gasteiger partial charge in [-0.2, -0.15) is 0 Å². The summed E-state index contributed by atoms with van der Waals surface area (Å²) in [6, 6.07) is 24.2. The second-order valence-corrected chi connectivity index (χ2v) is 13.0. The Kier molecular flexibility index (Phi) is 13.2. The summed E-state index contributed by atoms with van der Waals surface area (Å²) in [5.41, 5.74) is 3.88. The van der Waals surface area contributed by atoms with Crippen LogP contribution in [0.1, 0.15) is 48.9 Å². The Morgan fingerprint density at radius 1 is 0.894 bits per heavy atom. The van der Waals surface area contributed by atoms with Gasteiger partial charge in [0.1, 0.15) is 5.75 Å². The van der Waals surface area contributed by atoms with Crippen LogP contribution in [0.4, 0.5) is 4.79 Å². The van der Waals surface area contributed by atoms with E-state index in [0.29, 0.717) is 38.2 Å². The Balaban J connectivity index is 1.50. The Bertz CT molecular complexity index is 1430. The van der Waals surface area contributed by atoms with Gasteiger partial charge >= 0.3 is 6.03 Å². The van der Waals surface area contributed by atoms with Crippen LogP contribution in [-0.2, 0) is 22.4 Å². The summed E-state index contributed by atoms with van der Waals surface area (Å²) in [6.45, 7) is 9.24. The maximum atomic E-state index is 13.8. The lowest BCUT2D eigenvalue weighted by molar-refractivity contribution is -0.128. The highest BCUT2D eigenvalue weighted by molar-refractivity contribution is 5.81. The van der Waals surface area contributed by atoms with Crippen molar-refractivity contribution in [1.29, 1.82) is 0 Å². The van der Waals surface area contributed by atoms with E-state index in [1.807, 2.05) is 107 Å². The number of ether oxygens (including phenoxy) is 1. The number of carbonyl (C=O) groups excluding carboxylic acids is 3. The third kappa shape index (κ3) is 10.8. The maximum Gasteiger partial charge on any atom is 0.317 e. The van der Waals surface area contributed by atoms with Gasteiger partial charge in [0.05, 0.1) is 18.1 Å². The van der Waals surface area contributed by atoms with Crippen LogP contribution >= 0.6 is 0 Å². The van der Waals surface area contributed by atoms with Crippen molar-refractivity contribution in [3.8, 4) is 5.75 Å². The summed E-state index contributed by atoms with van der Waals surface area (Å²) in [5.74, 6) is -0.242. The molecule has 3 aromatic rings. The van der Waals surface area contributed by atoms with Crippen molar-refractivity contribution in [2.75, 3.05) is 26.2 Å². The van der Waals surface area contributed by atoms with Crippen LogP contribution in [0.5, 0.6) is 5.75 Å². The first kappa shape index (κ1) is 35.5. The number of amides is 4. The molecule has 2 unspecified atom stereocenters. The zero-order valence-electron chi connectivity index (χ0n) is 28.1. The number of para-hydroxylation sites is 1. The molecule has 1 aliphatic rings. The highest BCUT2D eigenvalue weighted by Gasteiger charge is 2.32. The van der Waals surface area contributed by atoms with E-state index in [0.717, 1.165) is 28.7 Å². The Labute approximate surface area is 279 Å². The van der Waals surface area contributed by atoms with Gasteiger partial charge in [-0.1, -0.05) is 92.7 Å². The van der Waals surface area contributed by atoms with Crippen molar-refractivity contribution < 1.29 is 24.2 Å². The molecule has 4 atom stereocenters. The van der Waals surface area contributed by atoms with E-state index in [1.54, 1.807) is 4.90 Å². The second kappa shape index (κ2) is 17.5. The molecule has 4 amide bonds. The lowest BCUT2D eigenvalue weighted by Gasteiger charge is -2.33. The van der Waals surface area contributed by atoms with Crippen LogP contribution < -0.4 is 20.7 Å². The number of carbonyl (C=O) groups is 3. The fourth-order valence-electron chi connectivity index (χ4n) is 6.11. The predicted molar refractivity (Wildman–Crippen MR) is 184 cm³/mol. The maximum absolute atomic E-state index is 13.8. The third-order valence-corrected chi connectivity index (χ3v) is 8.79. The predicted octanol–water partition coefficient (Wildman–Crippen LogP) is 4.58. The van der Waals surface area contributed by atoms with Gasteiger partial charge in [-0.15, -0.1) is 0 Å². The molecule has 4 rings (SSSR count). The average Bonchev–Trinajstić information content (AvgIpc) is 3.04. The molecule has 9 heteroatoms. The number of hydrogen-bond donors (Lipinski definition) is 4. The van der Waals surface area contributed by atoms with Gasteiger partial charge in [-0.05, 0) is 67.7 Å². The van der Waals surface area contributed by atoms with Gasteiger partial charge in [0.2, 0.25) is 5.91 Å². The van der Waals surface area contributed by atoms with E-state index >= 15 is 0 Å². The minimum absolute atomic E-state index is 0.00553. The highest BCUT2D eigenvalue weighted by Crippen LogP contribution is 2.22. The summed E-state index contributed by atoms with van der Waals surface area (Å²) in [7, 11) is 0. The van der Waals surface area contributed by atoms with E-state index in [2.05, 4.69) is 16.0 Å². The molecular weight excluding hydrogens is 592 g/mol. The van der Waals surface area contributed by atoms with Crippen molar-refractivity contribution >= 4 is 17.8 Å². The van der Waals surface area contributed by atoms with Crippen LogP contribution in [0.15, 0.2) is 78.9 Å². The fourth-order valence-corrected chi connectivity index (χ4v) is 6.11. The molecule has 0 spiro atoms. The largest absolute Gasteiger partial charge is 0.483 e. The number of nitrogens with zero attached hydrogens (tertiary/aromatic N) is 1. The number of aliphatic hydroxyl groups excluding tert-OH is 1. The molecule has 4 N–H and O–H groups in total. The van der Waals surface area contributed by atoms with Gasteiger partial charge in [0, 0.05) is 25.7 Å². The van der Waals surface area contributed by atoms with E-state index in [1.165, 1.54) is 0 Å². The lowest BCUT2D eigenvalue weighted by Crippen LogP contribution is -2.53. The summed E-state index contributed by atoms with van der Waals surface area (Å²) in [6.07, 6.45) is 0.983. The molecule has 0 saturated carbocycles. The Morgan fingerprint density at radius 2 is 1.51 bits per heavy atom. The standard InChI is InChI=1S/C38H50N4O5/c1-26(2)32(24-42-20-12-19-39-38(42)46)37(45)40-31(21-29-15-7-5-8-16-29)23-34(43)33(22-30-17-9-6-10-18-30)41-35(44)25-47-36-27(3)13-11-14-28(36)4/h5-11,13-18,26,31-34,43H,12,19-25H2,1-4H3,(H,39,46)(H,40,45)(H,41,44)/t31-,32?,33-,34?/m0/s1. The molecule has 1 saturated heterocycles. The smallest absolute Gasteiger partial charge is 0.317 e. The SMILES string of the molecule is Cc1cccc(C)c1OCC(=O)N[C@@H](Cc1ccccc1)C(O)C[C@H](Cc1ccccc1)NC(=O)C(CN1CCCNC1=O)C(C)C. The number of urea groups is 1. The molecule has 47 heavy (non-hydrogen) atoms. The van der Waals surface area contributed by atoms with E-state index in [9.17, 15) is 19.5 Å². The number of rotatable bonds is 16. The van der Waals surface area contributed by atoms with Gasteiger partial charge < -0.3 is 30.7 Å². The molecular formula is C38H50N4O5. The van der Waals surface area contributed by atoms with Gasteiger partial charge in [0.15, 0.2) is 6.61 Å². The van der Waals surface area contributed by atoms with Gasteiger partial charge in [0.25, 0.3) is 5.91 Å². The molecule has 252 valence electrons. The van der Waals surface area contributed by atoms with E-state index < -0.39 is 24.1 Å². The molecule has 1 heterocycles. The minimum Gasteiger partial charge on any atom is -0.483 e. The van der Waals surface area contributed by atoms with Crippen molar-refractivity contribution in [2.45, 2.75) is 71.6 Å². The van der Waals surface area contributed by atoms with Crippen molar-refractivity contribution in [2.24, 2.45) is 11.8 Å². The van der Waals surface area contributed by atoms with Crippen LogP contribution in [0.2, 0.25) is 0 Å². The summed E-state index contributed by atoms with van der Waals surface area (Å²) >= 11 is 0. The van der Waals surface area contributed by atoms with Crippen LogP contribution in [-0.4, -0.2) is 72.3 Å². The van der Waals surface area contributed by atoms with Gasteiger partial charge in [-0.3, -0.25) is 9.59 Å². The van der Waals surface area contributed by atoms with Crippen LogP contribution in [0.25, 0.3) is 0 Å². The van der Waals surface area contributed by atoms with Crippen molar-refractivity contribution in [3.63, 3.8) is 0 Å². The summed E-state index contributed by atoms with van der Waals surface area (Å²) in [4.78, 5) is 41.2. The zero-order valence-corrected chi connectivity index (χ0v) is 28.1. The fraction of sp³-hybridized carbons (Fsp3) is 0.447. The molecule has 9 nitrogen and oxygen atoms in total. The molecule has 3 aromatic carbocycles. The quantitative estimate of drug-likeness (QED) is 0.183. The van der Waals surface area contributed by atoms with E-state index in [-0.39, 0.29) is 36.8 Å². The van der Waals surface area contributed by atoms with E-state index in [4.69, 9.17) is 4.74 Å². The molecule has 1 aliphatic heterocycles. The number of benzene rings is 3. The van der Waals surface area contributed by atoms with Crippen molar-refractivity contribution in [1.82, 2.24) is 20.9 Å². The van der Waals surface area contributed by atoms with Gasteiger partial charge in [-0.25, -0.2) is 4.79 Å². The number of aliphatic hydroxyl groups is 1. The molecule has 0 aliphatic carbocycles. The third-order valence-electron chi connectivity index (χ3n) is 8.79. The number of nitrogens with one attached hydrogen (secondary N) is 3. The molecule has 0 aromatic heterocycles. The monoisotopic (exact) mass is 642 g/mol. The molecule has 1 fully saturated rings. The van der Waals surface area contributed by atoms with Crippen LogP contribution in [0, 0.1) is 25.7 Å². The summed E-state index contributed by atoms with van der Waals surface area (Å²) in [5, 5.41) is 20.8. The lowest BCUT2D eigenvalue weighted by atomic mass is 9.91. The summed E-state index contributed by atoms with van der Waals surface area (Å²) < 4.78 is 5.91. The minimum atomic E-state index is -0.973. The second-order valence-electron chi connectivity index (χ2n) is 13.0. The first-order valence-electron chi connectivity index (χ1n) is 16.7. The zero-order chi connectivity index (χ0) is 33.8. The Hall–Kier alpha value is -4.37. The molecule has 0 bridgehead atoms. The normalized spacial score (nSPS) is 15.7.